The van der Waals surface area contributed by atoms with E-state index in [4.69, 9.17) is 5.10 Å². The van der Waals surface area contributed by atoms with Gasteiger partial charge in [0.15, 0.2) is 0 Å². The first-order valence-electron chi connectivity index (χ1n) is 9.45. The number of nitrogens with zero attached hydrogens (tertiary/aromatic N) is 5. The van der Waals surface area contributed by atoms with Crippen LogP contribution in [0.25, 0.3) is 11.0 Å². The molecule has 1 aromatic heterocycles. The lowest BCUT2D eigenvalue weighted by Crippen LogP contribution is -2.27. The largest absolute Gasteiger partial charge is 0.290 e. The lowest BCUT2D eigenvalue weighted by molar-refractivity contribution is 0.244. The lowest BCUT2D eigenvalue weighted by Gasteiger charge is -2.26. The van der Waals surface area contributed by atoms with E-state index in [1.54, 1.807) is 0 Å². The summed E-state index contributed by atoms with van der Waals surface area (Å²) in [6.45, 7) is 2.11. The van der Waals surface area contributed by atoms with Gasteiger partial charge in [0.05, 0.1) is 17.3 Å². The van der Waals surface area contributed by atoms with Crippen molar-refractivity contribution in [2.45, 2.75) is 19.0 Å². The number of likely N-dealkylation sites (N-methyl/N-ethyl adjacent to an activating group) is 1. The van der Waals surface area contributed by atoms with Crippen LogP contribution in [0.15, 0.2) is 84.0 Å². The molecular weight excluding hydrogens is 346 g/mol. The van der Waals surface area contributed by atoms with Crippen LogP contribution in [0.5, 0.6) is 0 Å². The summed E-state index contributed by atoms with van der Waals surface area (Å²) in [7, 11) is 2.03. The first-order chi connectivity index (χ1) is 13.7. The van der Waals surface area contributed by atoms with Crippen LogP contribution in [0, 0.1) is 6.92 Å². The number of fused-ring (bicyclic) bond motifs is 1. The first-order valence-corrected chi connectivity index (χ1v) is 9.45. The summed E-state index contributed by atoms with van der Waals surface area (Å²) in [5.74, 6) is 0. The molecule has 0 unspecified atom stereocenters. The van der Waals surface area contributed by atoms with Crippen LogP contribution in [0.4, 0.5) is 0 Å². The van der Waals surface area contributed by atoms with Crippen LogP contribution in [-0.4, -0.2) is 32.8 Å². The van der Waals surface area contributed by atoms with Crippen molar-refractivity contribution >= 4 is 16.7 Å². The fraction of sp³-hybridized carbons (Fsp3) is 0.174. The molecule has 138 valence electrons. The number of rotatable bonds is 3. The van der Waals surface area contributed by atoms with Gasteiger partial charge in [-0.1, -0.05) is 77.5 Å². The molecule has 2 heterocycles. The number of hydrazone groups is 1. The average molecular weight is 367 g/mol. The number of benzene rings is 3. The standard InChI is InChI=1S/C23H21N5/c1-16-12-14-18(15-13-16)22-23(28-20-11-7-6-10-19(20)24-26-28)21(25-27(22)2)17-8-4-3-5-9-17/h3-15,22-23H,1-2H3/t22-,23-/m1/s1. The van der Waals surface area contributed by atoms with Gasteiger partial charge in [-0.15, -0.1) is 5.10 Å². The molecule has 4 aromatic rings. The second kappa shape index (κ2) is 6.60. The zero-order chi connectivity index (χ0) is 19.1. The van der Waals surface area contributed by atoms with Crippen LogP contribution in [0.3, 0.4) is 0 Å². The van der Waals surface area contributed by atoms with E-state index < -0.39 is 0 Å². The van der Waals surface area contributed by atoms with Crippen molar-refractivity contribution < 1.29 is 0 Å². The molecule has 0 spiro atoms. The fourth-order valence-electron chi connectivity index (χ4n) is 3.99. The molecule has 1 aliphatic heterocycles. The quantitative estimate of drug-likeness (QED) is 0.540. The lowest BCUT2D eigenvalue weighted by atomic mass is 9.92. The highest BCUT2D eigenvalue weighted by Gasteiger charge is 2.40. The van der Waals surface area contributed by atoms with Crippen molar-refractivity contribution in [1.82, 2.24) is 20.0 Å². The van der Waals surface area contributed by atoms with E-state index in [0.29, 0.717) is 0 Å². The molecule has 2 atom stereocenters. The van der Waals surface area contributed by atoms with Gasteiger partial charge in [0.25, 0.3) is 0 Å². The molecule has 0 bridgehead atoms. The minimum atomic E-state index is -0.0671. The Morgan fingerprint density at radius 3 is 2.29 bits per heavy atom. The Balaban J connectivity index is 1.70. The van der Waals surface area contributed by atoms with Crippen molar-refractivity contribution in [2.75, 3.05) is 7.05 Å². The second-order valence-electron chi connectivity index (χ2n) is 7.25. The van der Waals surface area contributed by atoms with Crippen LogP contribution in [-0.2, 0) is 0 Å². The molecule has 0 fully saturated rings. The molecule has 1 aliphatic rings. The molecule has 5 heteroatoms. The van der Waals surface area contributed by atoms with Gasteiger partial charge >= 0.3 is 0 Å². The minimum Gasteiger partial charge on any atom is -0.290 e. The van der Waals surface area contributed by atoms with Crippen LogP contribution in [0.1, 0.15) is 28.8 Å². The van der Waals surface area contributed by atoms with E-state index in [9.17, 15) is 0 Å². The molecule has 28 heavy (non-hydrogen) atoms. The summed E-state index contributed by atoms with van der Waals surface area (Å²) in [5.41, 5.74) is 6.48. The Bertz CT molecular complexity index is 1140. The first kappa shape index (κ1) is 16.7. The van der Waals surface area contributed by atoms with E-state index >= 15 is 0 Å². The average Bonchev–Trinajstić information content (AvgIpc) is 3.30. The maximum Gasteiger partial charge on any atom is 0.125 e. The Morgan fingerprint density at radius 2 is 1.50 bits per heavy atom. The maximum atomic E-state index is 4.94. The second-order valence-corrected chi connectivity index (χ2v) is 7.25. The van der Waals surface area contributed by atoms with Crippen molar-refractivity contribution in [3.05, 3.63) is 95.6 Å². The zero-order valence-electron chi connectivity index (χ0n) is 15.9. The van der Waals surface area contributed by atoms with Crippen molar-refractivity contribution in [3.8, 4) is 0 Å². The van der Waals surface area contributed by atoms with Gasteiger partial charge in [0.1, 0.15) is 11.6 Å². The molecule has 5 nitrogen and oxygen atoms in total. The van der Waals surface area contributed by atoms with Crippen molar-refractivity contribution in [1.29, 1.82) is 0 Å². The number of hydrogen-bond donors (Lipinski definition) is 0. The third-order valence-electron chi connectivity index (χ3n) is 5.38. The van der Waals surface area contributed by atoms with Gasteiger partial charge in [-0.2, -0.15) is 5.10 Å². The number of hydrogen-bond acceptors (Lipinski definition) is 4. The normalized spacial score (nSPS) is 19.2. The van der Waals surface area contributed by atoms with E-state index in [-0.39, 0.29) is 12.1 Å². The number of aryl methyl sites for hydroxylation is 1. The zero-order valence-corrected chi connectivity index (χ0v) is 15.9. The summed E-state index contributed by atoms with van der Waals surface area (Å²) in [6.07, 6.45) is 0. The molecule has 5 rings (SSSR count). The van der Waals surface area contributed by atoms with E-state index in [1.807, 2.05) is 53.1 Å². The summed E-state index contributed by atoms with van der Waals surface area (Å²) in [6, 6.07) is 27.1. The van der Waals surface area contributed by atoms with Gasteiger partial charge in [-0.3, -0.25) is 5.01 Å². The minimum absolute atomic E-state index is 0.0425. The van der Waals surface area contributed by atoms with Gasteiger partial charge < -0.3 is 0 Å². The number of aromatic nitrogens is 3. The highest BCUT2D eigenvalue weighted by Crippen LogP contribution is 2.40. The summed E-state index contributed by atoms with van der Waals surface area (Å²) >= 11 is 0. The molecule has 0 N–H and O–H groups in total. The van der Waals surface area contributed by atoms with Crippen LogP contribution >= 0.6 is 0 Å². The summed E-state index contributed by atoms with van der Waals surface area (Å²) in [4.78, 5) is 0. The Kier molecular flexibility index (Phi) is 3.93. The smallest absolute Gasteiger partial charge is 0.125 e. The Morgan fingerprint density at radius 1 is 0.786 bits per heavy atom. The van der Waals surface area contributed by atoms with Crippen LogP contribution < -0.4 is 0 Å². The molecule has 0 saturated carbocycles. The highest BCUT2D eigenvalue weighted by molar-refractivity contribution is 6.05. The fourth-order valence-corrected chi connectivity index (χ4v) is 3.99. The summed E-state index contributed by atoms with van der Waals surface area (Å²) in [5, 5.41) is 15.9. The summed E-state index contributed by atoms with van der Waals surface area (Å²) < 4.78 is 2.02. The van der Waals surface area contributed by atoms with Crippen molar-refractivity contribution in [2.24, 2.45) is 5.10 Å². The SMILES string of the molecule is Cc1ccc([C@@H]2[C@H](n3nnc4ccccc43)C(c3ccccc3)=NN2C)cc1. The third kappa shape index (κ3) is 2.67. The predicted molar refractivity (Wildman–Crippen MR) is 111 cm³/mol. The van der Waals surface area contributed by atoms with Gasteiger partial charge in [0.2, 0.25) is 0 Å². The van der Waals surface area contributed by atoms with E-state index in [0.717, 1.165) is 22.3 Å². The van der Waals surface area contributed by atoms with Crippen molar-refractivity contribution in [3.63, 3.8) is 0 Å². The van der Waals surface area contributed by atoms with Gasteiger partial charge in [-0.05, 0) is 24.6 Å². The van der Waals surface area contributed by atoms with E-state index in [1.165, 1.54) is 11.1 Å². The Labute approximate surface area is 163 Å². The van der Waals surface area contributed by atoms with Crippen LogP contribution in [0.2, 0.25) is 0 Å². The molecular formula is C23H21N5. The monoisotopic (exact) mass is 367 g/mol. The van der Waals surface area contributed by atoms with Gasteiger partial charge in [-0.25, -0.2) is 4.68 Å². The molecule has 0 radical (unpaired) electrons. The Hall–Kier alpha value is -3.47. The van der Waals surface area contributed by atoms with Gasteiger partial charge in [0, 0.05) is 12.6 Å². The van der Waals surface area contributed by atoms with E-state index in [2.05, 4.69) is 59.7 Å². The third-order valence-corrected chi connectivity index (χ3v) is 5.38. The molecule has 0 aliphatic carbocycles. The predicted octanol–water partition coefficient (Wildman–Crippen LogP) is 4.37. The molecule has 0 amide bonds. The topological polar surface area (TPSA) is 46.3 Å². The number of para-hydroxylation sites is 1. The molecule has 3 aromatic carbocycles. The molecule has 0 saturated heterocycles. The maximum absolute atomic E-state index is 4.94. The highest BCUT2D eigenvalue weighted by atomic mass is 15.5.